The first-order valence-electron chi connectivity index (χ1n) is 14.5. The Labute approximate surface area is 239 Å². The number of amides is 1. The highest BCUT2D eigenvalue weighted by Crippen LogP contribution is 2.30. The Balaban J connectivity index is 0.000000449. The van der Waals surface area contributed by atoms with Crippen molar-refractivity contribution in [1.82, 2.24) is 24.8 Å². The van der Waals surface area contributed by atoms with E-state index in [4.69, 9.17) is 19.5 Å². The molecule has 1 aliphatic rings. The van der Waals surface area contributed by atoms with Gasteiger partial charge < -0.3 is 15.6 Å². The number of fused-ring (bicyclic) bond motifs is 1. The van der Waals surface area contributed by atoms with E-state index < -0.39 is 0 Å². The predicted octanol–water partition coefficient (Wildman–Crippen LogP) is 5.30. The number of benzene rings is 1. The zero-order valence-electron chi connectivity index (χ0n) is 25.3. The Morgan fingerprint density at radius 1 is 1.12 bits per heavy atom. The second kappa shape index (κ2) is 20.9. The zero-order valence-corrected chi connectivity index (χ0v) is 25.3. The molecule has 0 spiro atoms. The number of ether oxygens (including phenoxy) is 1. The van der Waals surface area contributed by atoms with Crippen LogP contribution in [0.1, 0.15) is 78.6 Å². The van der Waals surface area contributed by atoms with Crippen LogP contribution in [0.2, 0.25) is 0 Å². The van der Waals surface area contributed by atoms with E-state index in [1.165, 1.54) is 12.8 Å². The molecule has 0 bridgehead atoms. The van der Waals surface area contributed by atoms with Crippen LogP contribution in [0.15, 0.2) is 36.5 Å². The van der Waals surface area contributed by atoms with Gasteiger partial charge in [-0.1, -0.05) is 71.4 Å². The molecule has 10 nitrogen and oxygen atoms in total. The van der Waals surface area contributed by atoms with Crippen molar-refractivity contribution in [3.05, 3.63) is 42.4 Å². The molecule has 0 saturated carbocycles. The van der Waals surface area contributed by atoms with Crippen molar-refractivity contribution in [2.45, 2.75) is 79.7 Å². The average Bonchev–Trinajstić information content (AvgIpc) is 3.41. The third kappa shape index (κ3) is 11.7. The fourth-order valence-electron chi connectivity index (χ4n) is 4.15. The molecule has 40 heavy (non-hydrogen) atoms. The highest BCUT2D eigenvalue weighted by Gasteiger charge is 2.24. The van der Waals surface area contributed by atoms with Crippen LogP contribution in [0, 0.1) is 12.8 Å². The summed E-state index contributed by atoms with van der Waals surface area (Å²) in [6.07, 6.45) is 7.56. The summed E-state index contributed by atoms with van der Waals surface area (Å²) in [4.78, 5) is 23.1. The number of piperidine rings is 1. The molecule has 1 unspecified atom stereocenters. The number of carbonyl (C=O) groups is 1. The molecule has 0 aliphatic carbocycles. The maximum atomic E-state index is 8.88. The number of hydrogen-bond acceptors (Lipinski definition) is 8. The molecular formula is C30H50N6O4. The van der Waals surface area contributed by atoms with Crippen molar-refractivity contribution >= 4 is 17.4 Å². The second-order valence-electron chi connectivity index (χ2n) is 9.28. The molecule has 1 amide bonds. The standard InChI is InChI=1S/C18H21N5O2.C9H20O.C2H6.CH3NO/c1-13-20-17(14-5-3-2-4-6-14)16-11-19-23(18(16)21-13)15-7-9-22(10-8-15)25-12-24;1-4-7-10-8-6-9(3)5-2;1-2;2-1-3/h2-6,11,15,24H,7-10,12H2,1H3;9H,4-8H2,1-3H3;1-2H3;1H,(H2,2,3). The molecule has 4 rings (SSSR count). The van der Waals surface area contributed by atoms with Crippen LogP contribution >= 0.6 is 0 Å². The molecule has 3 N–H and O–H groups in total. The van der Waals surface area contributed by atoms with Crippen LogP contribution in [0.5, 0.6) is 0 Å². The second-order valence-corrected chi connectivity index (χ2v) is 9.28. The first-order chi connectivity index (χ1) is 19.5. The van der Waals surface area contributed by atoms with Gasteiger partial charge in [0.05, 0.1) is 23.3 Å². The summed E-state index contributed by atoms with van der Waals surface area (Å²) in [5, 5.41) is 16.3. The van der Waals surface area contributed by atoms with Crippen LogP contribution in [0.25, 0.3) is 22.3 Å². The number of aliphatic hydroxyl groups excluding tert-OH is 1. The summed E-state index contributed by atoms with van der Waals surface area (Å²) in [5.74, 6) is 1.58. The van der Waals surface area contributed by atoms with Crippen LogP contribution in [0.4, 0.5) is 0 Å². The van der Waals surface area contributed by atoms with Gasteiger partial charge in [-0.3, -0.25) is 9.63 Å². The Morgan fingerprint density at radius 2 is 1.77 bits per heavy atom. The van der Waals surface area contributed by atoms with E-state index in [0.29, 0.717) is 0 Å². The normalized spacial score (nSPS) is 14.2. The molecule has 3 heterocycles. The number of hydroxylamine groups is 2. The Hall–Kier alpha value is -2.92. The van der Waals surface area contributed by atoms with Crippen LogP contribution < -0.4 is 5.73 Å². The summed E-state index contributed by atoms with van der Waals surface area (Å²) >= 11 is 0. The van der Waals surface area contributed by atoms with Gasteiger partial charge in [0.1, 0.15) is 5.82 Å². The van der Waals surface area contributed by atoms with Gasteiger partial charge in [-0.05, 0) is 38.5 Å². The lowest BCUT2D eigenvalue weighted by atomic mass is 10.1. The highest BCUT2D eigenvalue weighted by molar-refractivity contribution is 5.90. The van der Waals surface area contributed by atoms with Crippen molar-refractivity contribution in [3.8, 4) is 11.3 Å². The minimum Gasteiger partial charge on any atom is -0.381 e. The van der Waals surface area contributed by atoms with Gasteiger partial charge in [0.2, 0.25) is 6.41 Å². The molecule has 1 atom stereocenters. The number of nitrogens with zero attached hydrogens (tertiary/aromatic N) is 5. The average molecular weight is 559 g/mol. The molecule has 0 radical (unpaired) electrons. The molecule has 10 heteroatoms. The third-order valence-electron chi connectivity index (χ3n) is 6.42. The maximum Gasteiger partial charge on any atom is 0.204 e. The Kier molecular flexibility index (Phi) is 18.4. The smallest absolute Gasteiger partial charge is 0.204 e. The molecule has 2 aromatic heterocycles. The molecule has 224 valence electrons. The van der Waals surface area contributed by atoms with Gasteiger partial charge in [0, 0.05) is 31.9 Å². The van der Waals surface area contributed by atoms with Crippen LogP contribution in [0.3, 0.4) is 0 Å². The first kappa shape index (κ1) is 35.1. The summed E-state index contributed by atoms with van der Waals surface area (Å²) in [5.41, 5.74) is 7.05. The summed E-state index contributed by atoms with van der Waals surface area (Å²) in [6.45, 7) is 15.7. The number of aryl methyl sites for hydroxylation is 1. The van der Waals surface area contributed by atoms with Crippen molar-refractivity contribution in [2.75, 3.05) is 33.1 Å². The number of aromatic nitrogens is 4. The lowest BCUT2D eigenvalue weighted by molar-refractivity contribution is -0.219. The van der Waals surface area contributed by atoms with Crippen molar-refractivity contribution in [3.63, 3.8) is 0 Å². The predicted molar refractivity (Wildman–Crippen MR) is 160 cm³/mol. The molecule has 1 saturated heterocycles. The summed E-state index contributed by atoms with van der Waals surface area (Å²) in [7, 11) is 0. The van der Waals surface area contributed by atoms with E-state index in [9.17, 15) is 0 Å². The lowest BCUT2D eigenvalue weighted by Gasteiger charge is -2.30. The van der Waals surface area contributed by atoms with Crippen molar-refractivity contribution < 1.29 is 19.5 Å². The van der Waals surface area contributed by atoms with Crippen LogP contribution in [-0.2, 0) is 14.4 Å². The van der Waals surface area contributed by atoms with E-state index in [-0.39, 0.29) is 19.2 Å². The molecule has 1 aliphatic heterocycles. The quantitative estimate of drug-likeness (QED) is 0.195. The number of primary amides is 1. The fourth-order valence-corrected chi connectivity index (χ4v) is 4.15. The Bertz CT molecular complexity index is 1060. The minimum atomic E-state index is -0.276. The van der Waals surface area contributed by atoms with Gasteiger partial charge in [0.25, 0.3) is 0 Å². The number of hydrogen-bond donors (Lipinski definition) is 2. The SMILES string of the molecule is CC.CCCOCCC(C)CC.Cc1nc(-c2ccccc2)c2cnn(C3CCN(OCO)CC3)c2n1.NC=O. The summed E-state index contributed by atoms with van der Waals surface area (Å²) in [6, 6.07) is 10.4. The lowest BCUT2D eigenvalue weighted by Crippen LogP contribution is -2.35. The van der Waals surface area contributed by atoms with Crippen LogP contribution in [-0.4, -0.2) is 69.4 Å². The van der Waals surface area contributed by atoms with E-state index in [0.717, 1.165) is 79.6 Å². The van der Waals surface area contributed by atoms with E-state index in [1.807, 2.05) is 49.8 Å². The van der Waals surface area contributed by atoms with Gasteiger partial charge in [-0.2, -0.15) is 10.2 Å². The fraction of sp³-hybridized carbons (Fsp3) is 0.600. The number of rotatable bonds is 10. The monoisotopic (exact) mass is 558 g/mol. The van der Waals surface area contributed by atoms with Gasteiger partial charge >= 0.3 is 0 Å². The van der Waals surface area contributed by atoms with Crippen molar-refractivity contribution in [1.29, 1.82) is 0 Å². The number of nitrogens with two attached hydrogens (primary N) is 1. The highest BCUT2D eigenvalue weighted by atomic mass is 16.7. The maximum absolute atomic E-state index is 8.88. The van der Waals surface area contributed by atoms with E-state index in [1.54, 1.807) is 5.06 Å². The molecular weight excluding hydrogens is 508 g/mol. The molecule has 1 fully saturated rings. The number of carbonyl (C=O) groups excluding carboxylic acids is 1. The largest absolute Gasteiger partial charge is 0.381 e. The van der Waals surface area contributed by atoms with E-state index >= 15 is 0 Å². The van der Waals surface area contributed by atoms with Gasteiger partial charge in [0.15, 0.2) is 12.4 Å². The number of aliphatic hydroxyl groups is 1. The third-order valence-corrected chi connectivity index (χ3v) is 6.42. The van der Waals surface area contributed by atoms with Gasteiger partial charge in [-0.25, -0.2) is 14.6 Å². The topological polar surface area (TPSA) is 129 Å². The van der Waals surface area contributed by atoms with Crippen molar-refractivity contribution in [2.24, 2.45) is 11.7 Å². The van der Waals surface area contributed by atoms with E-state index in [2.05, 4.69) is 53.7 Å². The molecule has 1 aromatic carbocycles. The summed E-state index contributed by atoms with van der Waals surface area (Å²) < 4.78 is 7.38. The van der Waals surface area contributed by atoms with Gasteiger partial charge in [-0.15, -0.1) is 0 Å². The minimum absolute atomic E-state index is 0.250. The Morgan fingerprint density at radius 3 is 2.35 bits per heavy atom. The molecule has 3 aromatic rings. The first-order valence-corrected chi connectivity index (χ1v) is 14.5. The zero-order chi connectivity index (χ0) is 29.8.